The van der Waals surface area contributed by atoms with Crippen LogP contribution in [-0.2, 0) is 19.4 Å². The molecule has 6 nitrogen and oxygen atoms in total. The molecule has 1 aromatic heterocycles. The summed E-state index contributed by atoms with van der Waals surface area (Å²) >= 11 is 1.33. The molecule has 1 saturated heterocycles. The first kappa shape index (κ1) is 19.4. The molecule has 8 heteroatoms. The second-order valence-electron chi connectivity index (χ2n) is 7.14. The topological polar surface area (TPSA) is 80.8 Å². The molecule has 2 heterocycles. The number of rotatable bonds is 5. The number of ether oxygens (including phenoxy) is 1. The Labute approximate surface area is 158 Å². The van der Waals surface area contributed by atoms with E-state index in [9.17, 15) is 18.0 Å². The van der Waals surface area contributed by atoms with Gasteiger partial charge in [0.15, 0.2) is 16.4 Å². The normalized spacial score (nSPS) is 22.9. The Hall–Kier alpha value is -1.41. The Balaban J connectivity index is 1.67. The summed E-state index contributed by atoms with van der Waals surface area (Å²) in [5.41, 5.74) is 0. The van der Waals surface area contributed by atoms with Gasteiger partial charge in [-0.05, 0) is 38.3 Å². The Bertz CT molecular complexity index is 764. The summed E-state index contributed by atoms with van der Waals surface area (Å²) in [4.78, 5) is 28.1. The van der Waals surface area contributed by atoms with E-state index in [2.05, 4.69) is 0 Å². The van der Waals surface area contributed by atoms with Crippen LogP contribution in [0.25, 0.3) is 0 Å². The van der Waals surface area contributed by atoms with E-state index in [1.54, 1.807) is 11.0 Å². The Morgan fingerprint density at radius 1 is 1.15 bits per heavy atom. The van der Waals surface area contributed by atoms with E-state index in [1.165, 1.54) is 11.3 Å². The van der Waals surface area contributed by atoms with E-state index in [0.717, 1.165) is 37.0 Å². The average Bonchev–Trinajstić information content (AvgIpc) is 3.19. The molecule has 0 N–H and O–H groups in total. The lowest BCUT2D eigenvalue weighted by Crippen LogP contribution is -2.50. The Morgan fingerprint density at radius 2 is 1.88 bits per heavy atom. The number of hydrogen-bond acceptors (Lipinski definition) is 6. The molecule has 3 rings (SSSR count). The standard InChI is InChI=1S/C18H25NO5S2/c1-13-7-8-16(25-13)18(21)24-11-17(20)19(14-5-3-2-4-6-14)15-9-10-26(22,23)12-15/h7-8,14-15H,2-6,9-12H2,1H3/t15-/m1/s1. The number of carbonyl (C=O) groups is 2. The van der Waals surface area contributed by atoms with Crippen LogP contribution in [0.4, 0.5) is 0 Å². The van der Waals surface area contributed by atoms with Crippen LogP contribution < -0.4 is 0 Å². The van der Waals surface area contributed by atoms with Gasteiger partial charge in [-0.25, -0.2) is 13.2 Å². The average molecular weight is 400 g/mol. The lowest BCUT2D eigenvalue weighted by molar-refractivity contribution is -0.139. The third kappa shape index (κ3) is 4.65. The van der Waals surface area contributed by atoms with Gasteiger partial charge in [-0.2, -0.15) is 0 Å². The zero-order valence-corrected chi connectivity index (χ0v) is 16.6. The first-order valence-corrected chi connectivity index (χ1v) is 11.7. The zero-order valence-electron chi connectivity index (χ0n) is 15.0. The molecule has 1 amide bonds. The molecule has 2 aliphatic rings. The summed E-state index contributed by atoms with van der Waals surface area (Å²) in [6.45, 7) is 1.57. The Morgan fingerprint density at radius 3 is 2.46 bits per heavy atom. The Kier molecular flexibility index (Phi) is 6.02. The van der Waals surface area contributed by atoms with E-state index in [0.29, 0.717) is 11.3 Å². The highest BCUT2D eigenvalue weighted by molar-refractivity contribution is 7.91. The van der Waals surface area contributed by atoms with Gasteiger partial charge in [0.1, 0.15) is 4.88 Å². The zero-order chi connectivity index (χ0) is 18.7. The molecular weight excluding hydrogens is 374 g/mol. The van der Waals surface area contributed by atoms with Crippen molar-refractivity contribution in [2.45, 2.75) is 57.5 Å². The first-order valence-electron chi connectivity index (χ1n) is 9.11. The van der Waals surface area contributed by atoms with Crippen LogP contribution >= 0.6 is 11.3 Å². The maximum absolute atomic E-state index is 12.8. The number of aryl methyl sites for hydroxylation is 1. The van der Waals surface area contributed by atoms with E-state index in [4.69, 9.17) is 4.74 Å². The number of thiophene rings is 1. The van der Waals surface area contributed by atoms with Crippen LogP contribution in [0.3, 0.4) is 0 Å². The number of nitrogens with zero attached hydrogens (tertiary/aromatic N) is 1. The van der Waals surface area contributed by atoms with E-state index < -0.39 is 15.8 Å². The molecule has 1 atom stereocenters. The van der Waals surface area contributed by atoms with Crippen molar-refractivity contribution in [3.05, 3.63) is 21.9 Å². The second kappa shape index (κ2) is 8.08. The van der Waals surface area contributed by atoms with Crippen LogP contribution in [0.15, 0.2) is 12.1 Å². The van der Waals surface area contributed by atoms with Gasteiger partial charge in [-0.15, -0.1) is 11.3 Å². The lowest BCUT2D eigenvalue weighted by Gasteiger charge is -2.38. The van der Waals surface area contributed by atoms with Gasteiger partial charge in [-0.3, -0.25) is 4.79 Å². The number of esters is 1. The molecular formula is C18H25NO5S2. The van der Waals surface area contributed by atoms with Gasteiger partial charge in [0.2, 0.25) is 0 Å². The molecule has 0 spiro atoms. The van der Waals surface area contributed by atoms with Crippen molar-refractivity contribution < 1.29 is 22.7 Å². The van der Waals surface area contributed by atoms with Crippen molar-refractivity contribution in [3.63, 3.8) is 0 Å². The molecule has 2 fully saturated rings. The van der Waals surface area contributed by atoms with Gasteiger partial charge in [0.25, 0.3) is 5.91 Å². The second-order valence-corrected chi connectivity index (χ2v) is 10.7. The highest BCUT2D eigenvalue weighted by Crippen LogP contribution is 2.28. The number of sulfone groups is 1. The van der Waals surface area contributed by atoms with E-state index in [-0.39, 0.29) is 36.1 Å². The van der Waals surface area contributed by atoms with Gasteiger partial charge in [-0.1, -0.05) is 19.3 Å². The minimum absolute atomic E-state index is 0.0211. The van der Waals surface area contributed by atoms with E-state index >= 15 is 0 Å². The summed E-state index contributed by atoms with van der Waals surface area (Å²) < 4.78 is 29.0. The predicted octanol–water partition coefficient (Wildman–Crippen LogP) is 2.56. The highest BCUT2D eigenvalue weighted by Gasteiger charge is 2.38. The largest absolute Gasteiger partial charge is 0.451 e. The molecule has 1 aliphatic carbocycles. The third-order valence-corrected chi connectivity index (χ3v) is 7.86. The first-order chi connectivity index (χ1) is 12.4. The van der Waals surface area contributed by atoms with Crippen molar-refractivity contribution in [3.8, 4) is 0 Å². The van der Waals surface area contributed by atoms with Gasteiger partial charge < -0.3 is 9.64 Å². The van der Waals surface area contributed by atoms with Crippen LogP contribution in [0, 0.1) is 6.92 Å². The monoisotopic (exact) mass is 399 g/mol. The van der Waals surface area contributed by atoms with Gasteiger partial charge in [0, 0.05) is 17.0 Å². The summed E-state index contributed by atoms with van der Waals surface area (Å²) in [7, 11) is -3.08. The lowest BCUT2D eigenvalue weighted by atomic mass is 9.93. The van der Waals surface area contributed by atoms with E-state index in [1.807, 2.05) is 13.0 Å². The molecule has 26 heavy (non-hydrogen) atoms. The molecule has 1 saturated carbocycles. The third-order valence-electron chi connectivity index (χ3n) is 5.13. The van der Waals surface area contributed by atoms with Crippen LogP contribution in [0.5, 0.6) is 0 Å². The minimum Gasteiger partial charge on any atom is -0.451 e. The van der Waals surface area contributed by atoms with Crippen LogP contribution in [0.1, 0.15) is 53.1 Å². The molecule has 144 valence electrons. The summed E-state index contributed by atoms with van der Waals surface area (Å²) in [5, 5.41) is 0. The molecule has 0 radical (unpaired) electrons. The van der Waals surface area contributed by atoms with Crippen molar-refractivity contribution in [2.24, 2.45) is 0 Å². The highest BCUT2D eigenvalue weighted by atomic mass is 32.2. The molecule has 1 aromatic rings. The maximum atomic E-state index is 12.8. The van der Waals surface area contributed by atoms with Gasteiger partial charge >= 0.3 is 5.97 Å². The quantitative estimate of drug-likeness (QED) is 0.711. The van der Waals surface area contributed by atoms with Crippen LogP contribution in [-0.4, -0.2) is 55.4 Å². The minimum atomic E-state index is -3.08. The summed E-state index contributed by atoms with van der Waals surface area (Å²) in [5.74, 6) is -0.629. The fourth-order valence-electron chi connectivity index (χ4n) is 3.88. The summed E-state index contributed by atoms with van der Waals surface area (Å²) in [6, 6.07) is 3.28. The number of carbonyl (C=O) groups excluding carboxylic acids is 2. The number of hydrogen-bond donors (Lipinski definition) is 0. The number of amides is 1. The van der Waals surface area contributed by atoms with Crippen molar-refractivity contribution in [1.82, 2.24) is 4.90 Å². The van der Waals surface area contributed by atoms with Crippen LogP contribution in [0.2, 0.25) is 0 Å². The SMILES string of the molecule is Cc1ccc(C(=O)OCC(=O)N(C2CCCCC2)[C@@H]2CCS(=O)(=O)C2)s1. The molecule has 0 unspecified atom stereocenters. The van der Waals surface area contributed by atoms with Crippen molar-refractivity contribution in [2.75, 3.05) is 18.1 Å². The molecule has 0 bridgehead atoms. The van der Waals surface area contributed by atoms with Gasteiger partial charge in [0.05, 0.1) is 11.5 Å². The molecule has 1 aliphatic heterocycles. The van der Waals surface area contributed by atoms with Crippen molar-refractivity contribution in [1.29, 1.82) is 0 Å². The molecule has 0 aromatic carbocycles. The predicted molar refractivity (Wildman–Crippen MR) is 100 cm³/mol. The fourth-order valence-corrected chi connectivity index (χ4v) is 6.35. The fraction of sp³-hybridized carbons (Fsp3) is 0.667. The summed E-state index contributed by atoms with van der Waals surface area (Å²) in [6.07, 6.45) is 5.49. The smallest absolute Gasteiger partial charge is 0.348 e. The van der Waals surface area contributed by atoms with Crippen molar-refractivity contribution >= 4 is 33.1 Å². The maximum Gasteiger partial charge on any atom is 0.348 e.